The molecule has 4 nitrogen and oxygen atoms in total. The summed E-state index contributed by atoms with van der Waals surface area (Å²) in [6.45, 7) is 2.13. The van der Waals surface area contributed by atoms with Crippen molar-refractivity contribution in [3.05, 3.63) is 45.2 Å². The molecule has 2 aromatic rings. The van der Waals surface area contributed by atoms with Crippen LogP contribution >= 0.6 is 23.2 Å². The average molecular weight is 325 g/mol. The van der Waals surface area contributed by atoms with Crippen molar-refractivity contribution in [1.29, 1.82) is 0 Å². The smallest absolute Gasteiger partial charge is 0.359 e. The lowest BCUT2D eigenvalue weighted by Crippen LogP contribution is -2.09. The van der Waals surface area contributed by atoms with Gasteiger partial charge in [0.2, 0.25) is 0 Å². The van der Waals surface area contributed by atoms with Gasteiger partial charge < -0.3 is 4.74 Å². The second-order valence-electron chi connectivity index (χ2n) is 4.86. The number of fused-ring (bicyclic) bond motifs is 1. The van der Waals surface area contributed by atoms with Crippen LogP contribution in [0.15, 0.2) is 18.2 Å². The molecule has 1 aromatic carbocycles. The SMILES string of the molecule is CCOC(=O)c1nn(-c2ccc(Cl)c(Cl)c2)c2c1CCC2. The topological polar surface area (TPSA) is 44.1 Å². The predicted molar refractivity (Wildman–Crippen MR) is 81.6 cm³/mol. The van der Waals surface area contributed by atoms with E-state index < -0.39 is 0 Å². The predicted octanol–water partition coefficient (Wildman–Crippen LogP) is 3.84. The molecule has 0 N–H and O–H groups in total. The molecule has 0 saturated heterocycles. The summed E-state index contributed by atoms with van der Waals surface area (Å²) in [6, 6.07) is 5.32. The highest BCUT2D eigenvalue weighted by atomic mass is 35.5. The van der Waals surface area contributed by atoms with Crippen molar-refractivity contribution in [3.8, 4) is 5.69 Å². The third-order valence-corrected chi connectivity index (χ3v) is 4.29. The number of halogens is 2. The molecule has 0 unspecified atom stereocenters. The molecule has 0 saturated carbocycles. The minimum atomic E-state index is -0.366. The lowest BCUT2D eigenvalue weighted by Gasteiger charge is -2.06. The van der Waals surface area contributed by atoms with Crippen LogP contribution in [-0.4, -0.2) is 22.4 Å². The quantitative estimate of drug-likeness (QED) is 0.805. The second-order valence-corrected chi connectivity index (χ2v) is 5.67. The Balaban J connectivity index is 2.09. The molecule has 3 rings (SSSR count). The highest BCUT2D eigenvalue weighted by Crippen LogP contribution is 2.30. The summed E-state index contributed by atoms with van der Waals surface area (Å²) in [7, 11) is 0. The molecule has 110 valence electrons. The minimum Gasteiger partial charge on any atom is -0.461 e. The van der Waals surface area contributed by atoms with Gasteiger partial charge in [0, 0.05) is 11.3 Å². The van der Waals surface area contributed by atoms with Crippen LogP contribution in [0.4, 0.5) is 0 Å². The number of carbonyl (C=O) groups excluding carboxylic acids is 1. The molecule has 0 fully saturated rings. The van der Waals surface area contributed by atoms with Crippen molar-refractivity contribution < 1.29 is 9.53 Å². The fraction of sp³-hybridized carbons (Fsp3) is 0.333. The van der Waals surface area contributed by atoms with Gasteiger partial charge >= 0.3 is 5.97 Å². The van der Waals surface area contributed by atoms with Crippen LogP contribution in [0.25, 0.3) is 5.69 Å². The van der Waals surface area contributed by atoms with Crippen LogP contribution in [0.1, 0.15) is 35.1 Å². The van der Waals surface area contributed by atoms with Gasteiger partial charge in [-0.2, -0.15) is 5.10 Å². The highest BCUT2D eigenvalue weighted by molar-refractivity contribution is 6.42. The van der Waals surface area contributed by atoms with E-state index in [0.29, 0.717) is 22.3 Å². The second kappa shape index (κ2) is 5.70. The molecule has 0 spiro atoms. The number of aromatic nitrogens is 2. The van der Waals surface area contributed by atoms with Gasteiger partial charge in [-0.15, -0.1) is 0 Å². The van der Waals surface area contributed by atoms with Crippen molar-refractivity contribution in [1.82, 2.24) is 9.78 Å². The minimum absolute atomic E-state index is 0.341. The maximum absolute atomic E-state index is 12.0. The van der Waals surface area contributed by atoms with Crippen LogP contribution in [0, 0.1) is 0 Å². The van der Waals surface area contributed by atoms with Crippen LogP contribution in [0.2, 0.25) is 10.0 Å². The summed E-state index contributed by atoms with van der Waals surface area (Å²) in [5, 5.41) is 5.39. The number of hydrogen-bond acceptors (Lipinski definition) is 3. The van der Waals surface area contributed by atoms with E-state index in [1.165, 1.54) is 0 Å². The largest absolute Gasteiger partial charge is 0.461 e. The van der Waals surface area contributed by atoms with Gasteiger partial charge in [0.1, 0.15) is 0 Å². The monoisotopic (exact) mass is 324 g/mol. The molecule has 0 atom stereocenters. The summed E-state index contributed by atoms with van der Waals surface area (Å²) < 4.78 is 6.86. The Morgan fingerprint density at radius 2 is 2.14 bits per heavy atom. The lowest BCUT2D eigenvalue weighted by molar-refractivity contribution is 0.0517. The van der Waals surface area contributed by atoms with Crippen molar-refractivity contribution >= 4 is 29.2 Å². The molecule has 0 radical (unpaired) electrons. The van der Waals surface area contributed by atoms with Crippen LogP contribution in [0.3, 0.4) is 0 Å². The number of rotatable bonds is 3. The van der Waals surface area contributed by atoms with E-state index in [0.717, 1.165) is 36.2 Å². The first kappa shape index (κ1) is 14.4. The molecule has 0 bridgehead atoms. The van der Waals surface area contributed by atoms with Crippen LogP contribution < -0.4 is 0 Å². The first-order valence-corrected chi connectivity index (χ1v) is 7.60. The summed E-state index contributed by atoms with van der Waals surface area (Å²) in [6.07, 6.45) is 2.76. The van der Waals surface area contributed by atoms with Gasteiger partial charge in [-0.3, -0.25) is 0 Å². The summed E-state index contributed by atoms with van der Waals surface area (Å²) in [4.78, 5) is 12.0. The number of esters is 1. The van der Waals surface area contributed by atoms with E-state index in [4.69, 9.17) is 27.9 Å². The van der Waals surface area contributed by atoms with Gasteiger partial charge in [0.25, 0.3) is 0 Å². The van der Waals surface area contributed by atoms with E-state index in [9.17, 15) is 4.79 Å². The van der Waals surface area contributed by atoms with Crippen molar-refractivity contribution in [2.45, 2.75) is 26.2 Å². The lowest BCUT2D eigenvalue weighted by atomic mass is 10.2. The maximum atomic E-state index is 12.0. The van der Waals surface area contributed by atoms with Crippen molar-refractivity contribution in [2.75, 3.05) is 6.61 Å². The highest BCUT2D eigenvalue weighted by Gasteiger charge is 2.27. The molecular weight excluding hydrogens is 311 g/mol. The number of benzene rings is 1. The van der Waals surface area contributed by atoms with Gasteiger partial charge in [-0.05, 0) is 44.4 Å². The number of ether oxygens (including phenoxy) is 1. The molecule has 6 heteroatoms. The number of hydrogen-bond donors (Lipinski definition) is 0. The zero-order chi connectivity index (χ0) is 15.0. The summed E-state index contributed by atoms with van der Waals surface area (Å²) in [5.41, 5.74) is 3.25. The van der Waals surface area contributed by atoms with E-state index in [2.05, 4.69) is 5.10 Å². The van der Waals surface area contributed by atoms with Gasteiger partial charge in [0.15, 0.2) is 5.69 Å². The molecule has 1 aliphatic carbocycles. The first-order valence-electron chi connectivity index (χ1n) is 6.85. The Morgan fingerprint density at radius 3 is 2.86 bits per heavy atom. The van der Waals surface area contributed by atoms with Crippen LogP contribution in [0.5, 0.6) is 0 Å². The van der Waals surface area contributed by atoms with E-state index in [1.54, 1.807) is 23.7 Å². The number of nitrogens with zero attached hydrogens (tertiary/aromatic N) is 2. The summed E-state index contributed by atoms with van der Waals surface area (Å²) >= 11 is 12.0. The van der Waals surface area contributed by atoms with E-state index in [1.807, 2.05) is 6.07 Å². The summed E-state index contributed by atoms with van der Waals surface area (Å²) in [5.74, 6) is -0.366. The van der Waals surface area contributed by atoms with Crippen LogP contribution in [-0.2, 0) is 17.6 Å². The van der Waals surface area contributed by atoms with E-state index >= 15 is 0 Å². The van der Waals surface area contributed by atoms with Gasteiger partial charge in [0.05, 0.1) is 22.3 Å². The Labute approximate surface area is 132 Å². The standard InChI is InChI=1S/C15H14Cl2N2O2/c1-2-21-15(20)14-10-4-3-5-13(10)19(18-14)9-6-7-11(16)12(17)8-9/h6-8H,2-5H2,1H3. The van der Waals surface area contributed by atoms with Gasteiger partial charge in [-0.25, -0.2) is 9.48 Å². The normalized spacial score (nSPS) is 13.3. The van der Waals surface area contributed by atoms with Crippen molar-refractivity contribution in [2.24, 2.45) is 0 Å². The fourth-order valence-electron chi connectivity index (χ4n) is 2.63. The third-order valence-electron chi connectivity index (χ3n) is 3.55. The number of carbonyl (C=O) groups is 1. The van der Waals surface area contributed by atoms with Gasteiger partial charge in [-0.1, -0.05) is 23.2 Å². The zero-order valence-corrected chi connectivity index (χ0v) is 13.0. The van der Waals surface area contributed by atoms with Crippen molar-refractivity contribution in [3.63, 3.8) is 0 Å². The average Bonchev–Trinajstić information content (AvgIpc) is 3.04. The molecule has 0 amide bonds. The molecule has 0 aliphatic heterocycles. The molecule has 1 heterocycles. The molecular formula is C15H14Cl2N2O2. The van der Waals surface area contributed by atoms with E-state index in [-0.39, 0.29) is 5.97 Å². The molecule has 21 heavy (non-hydrogen) atoms. The Bertz CT molecular complexity index is 710. The molecule has 1 aliphatic rings. The first-order chi connectivity index (χ1) is 10.1. The molecule has 1 aromatic heterocycles. The maximum Gasteiger partial charge on any atom is 0.359 e. The Kier molecular flexibility index (Phi) is 3.91. The Morgan fingerprint density at radius 1 is 1.33 bits per heavy atom. The zero-order valence-electron chi connectivity index (χ0n) is 11.5. The Hall–Kier alpha value is -1.52. The fourth-order valence-corrected chi connectivity index (χ4v) is 2.92. The third kappa shape index (κ3) is 2.54.